The van der Waals surface area contributed by atoms with Crippen LogP contribution in [0.3, 0.4) is 0 Å². The smallest absolute Gasteiger partial charge is 0.138 e. The summed E-state index contributed by atoms with van der Waals surface area (Å²) in [6, 6.07) is 14.4. The number of aliphatic imine (C=N–C) groups is 1. The lowest BCUT2D eigenvalue weighted by molar-refractivity contribution is -0.223. The van der Waals surface area contributed by atoms with E-state index in [-0.39, 0.29) is 24.0 Å². The Bertz CT molecular complexity index is 1340. The first-order valence-corrected chi connectivity index (χ1v) is 16.0. The SMILES string of the molecule is [O-]C(=NC(Cc1ccc(OC2CCOCC2)c(Cl)c1)CN1CCCC1)[C@@H]1CCN(c2ccc3cc(Cl)sc3c2)C1. The van der Waals surface area contributed by atoms with Crippen LogP contribution in [0.25, 0.3) is 10.1 Å². The molecular formula is C31H36Cl2N3O3S-. The van der Waals surface area contributed by atoms with Crippen molar-refractivity contribution >= 4 is 56.2 Å². The molecule has 6 rings (SSSR count). The topological polar surface area (TPSA) is 60.4 Å². The lowest BCUT2D eigenvalue weighted by atomic mass is 10.0. The van der Waals surface area contributed by atoms with Crippen molar-refractivity contribution < 1.29 is 14.6 Å². The van der Waals surface area contributed by atoms with E-state index in [2.05, 4.69) is 34.1 Å². The van der Waals surface area contributed by atoms with Crippen molar-refractivity contribution in [2.75, 3.05) is 50.8 Å². The number of nitrogens with zero attached hydrogens (tertiary/aromatic N) is 3. The molecule has 3 aromatic rings. The lowest BCUT2D eigenvalue weighted by Crippen LogP contribution is -2.36. The molecule has 3 fully saturated rings. The predicted octanol–water partition coefficient (Wildman–Crippen LogP) is 6.06. The van der Waals surface area contributed by atoms with Gasteiger partial charge in [0.15, 0.2) is 0 Å². The number of rotatable bonds is 9. The fourth-order valence-electron chi connectivity index (χ4n) is 6.09. The highest BCUT2D eigenvalue weighted by molar-refractivity contribution is 7.22. The van der Waals surface area contributed by atoms with E-state index in [1.165, 1.54) is 17.5 Å². The molecule has 0 amide bonds. The predicted molar refractivity (Wildman–Crippen MR) is 164 cm³/mol. The molecule has 6 nitrogen and oxygen atoms in total. The highest BCUT2D eigenvalue weighted by Gasteiger charge is 2.25. The van der Waals surface area contributed by atoms with Gasteiger partial charge in [-0.15, -0.1) is 11.3 Å². The second-order valence-electron chi connectivity index (χ2n) is 11.2. The molecule has 3 aliphatic rings. The standard InChI is InChI=1S/C31H37Cl2N3O3S/c32-27-16-21(3-6-28(27)39-26-8-13-38-14-9-26)15-24(20-35-10-1-2-11-35)34-31(37)23-7-12-36(19-23)25-5-4-22-17-30(33)40-29(22)18-25/h3-6,16-18,23-24,26H,1-2,7-15,19-20H2,(H,34,37)/p-1/t23-,24?/m1/s1. The van der Waals surface area contributed by atoms with Gasteiger partial charge in [-0.05, 0) is 86.0 Å². The molecule has 3 aliphatic heterocycles. The van der Waals surface area contributed by atoms with Crippen LogP contribution >= 0.6 is 34.5 Å². The molecule has 1 unspecified atom stereocenters. The fourth-order valence-corrected chi connectivity index (χ4v) is 7.53. The van der Waals surface area contributed by atoms with Crippen LogP contribution in [0.2, 0.25) is 9.36 Å². The maximum absolute atomic E-state index is 13.5. The Morgan fingerprint density at radius 1 is 1.05 bits per heavy atom. The first kappa shape index (κ1) is 28.1. The average Bonchev–Trinajstić information content (AvgIpc) is 3.71. The van der Waals surface area contributed by atoms with Gasteiger partial charge < -0.3 is 29.4 Å². The molecule has 214 valence electrons. The van der Waals surface area contributed by atoms with E-state index < -0.39 is 0 Å². The van der Waals surface area contributed by atoms with Gasteiger partial charge in [0.1, 0.15) is 11.9 Å². The number of ether oxygens (including phenoxy) is 2. The lowest BCUT2D eigenvalue weighted by Gasteiger charge is -2.26. The van der Waals surface area contributed by atoms with Crippen LogP contribution < -0.4 is 14.7 Å². The molecular weight excluding hydrogens is 565 g/mol. The van der Waals surface area contributed by atoms with E-state index in [1.807, 2.05) is 18.2 Å². The van der Waals surface area contributed by atoms with Gasteiger partial charge in [0.25, 0.3) is 0 Å². The first-order valence-electron chi connectivity index (χ1n) is 14.4. The number of fused-ring (bicyclic) bond motifs is 1. The molecule has 3 saturated heterocycles. The van der Waals surface area contributed by atoms with Gasteiger partial charge in [-0.2, -0.15) is 0 Å². The van der Waals surface area contributed by atoms with E-state index in [1.54, 1.807) is 11.3 Å². The Morgan fingerprint density at radius 3 is 2.67 bits per heavy atom. The molecule has 1 aromatic heterocycles. The Balaban J connectivity index is 1.13. The Hall–Kier alpha value is -2.03. The second-order valence-corrected chi connectivity index (χ2v) is 13.4. The quantitative estimate of drug-likeness (QED) is 0.221. The Labute approximate surface area is 250 Å². The van der Waals surface area contributed by atoms with Crippen LogP contribution in [0.5, 0.6) is 5.75 Å². The van der Waals surface area contributed by atoms with Crippen LogP contribution in [-0.2, 0) is 11.2 Å². The monoisotopic (exact) mass is 600 g/mol. The van der Waals surface area contributed by atoms with Gasteiger partial charge >= 0.3 is 0 Å². The van der Waals surface area contributed by atoms with Crippen molar-refractivity contribution in [2.45, 2.75) is 50.7 Å². The summed E-state index contributed by atoms with van der Waals surface area (Å²) in [5.41, 5.74) is 2.23. The molecule has 0 saturated carbocycles. The van der Waals surface area contributed by atoms with Crippen molar-refractivity contribution in [3.05, 3.63) is 57.4 Å². The third-order valence-corrected chi connectivity index (χ3v) is 9.81. The number of halogens is 2. The Morgan fingerprint density at radius 2 is 1.88 bits per heavy atom. The van der Waals surface area contributed by atoms with E-state index in [4.69, 9.17) is 37.7 Å². The summed E-state index contributed by atoms with van der Waals surface area (Å²) in [7, 11) is 0. The minimum atomic E-state index is -0.0948. The molecule has 0 bridgehead atoms. The number of hydrogen-bond donors (Lipinski definition) is 0. The summed E-state index contributed by atoms with van der Waals surface area (Å²) < 4.78 is 13.6. The average molecular weight is 602 g/mol. The van der Waals surface area contributed by atoms with E-state index in [0.717, 1.165) is 85.4 Å². The van der Waals surface area contributed by atoms with Gasteiger partial charge in [0.2, 0.25) is 0 Å². The molecule has 2 atom stereocenters. The molecule has 40 heavy (non-hydrogen) atoms. The number of hydrogen-bond acceptors (Lipinski definition) is 7. The van der Waals surface area contributed by atoms with E-state index in [9.17, 15) is 5.11 Å². The summed E-state index contributed by atoms with van der Waals surface area (Å²) in [6.07, 6.45) is 5.84. The van der Waals surface area contributed by atoms with Crippen LogP contribution in [-0.4, -0.2) is 68.9 Å². The van der Waals surface area contributed by atoms with Gasteiger partial charge in [-0.1, -0.05) is 35.3 Å². The third-order valence-electron chi connectivity index (χ3n) is 8.28. The molecule has 0 radical (unpaired) electrons. The van der Waals surface area contributed by atoms with E-state index in [0.29, 0.717) is 18.0 Å². The van der Waals surface area contributed by atoms with Crippen LogP contribution in [0, 0.1) is 5.92 Å². The minimum absolute atomic E-state index is 0.0255. The Kier molecular flexibility index (Phi) is 9.04. The van der Waals surface area contributed by atoms with Crippen molar-refractivity contribution in [3.8, 4) is 5.75 Å². The molecule has 4 heterocycles. The van der Waals surface area contributed by atoms with Crippen LogP contribution in [0.1, 0.15) is 37.7 Å². The highest BCUT2D eigenvalue weighted by Crippen LogP contribution is 2.34. The number of benzene rings is 2. The largest absolute Gasteiger partial charge is 0.862 e. The maximum atomic E-state index is 13.5. The maximum Gasteiger partial charge on any atom is 0.138 e. The summed E-state index contributed by atoms with van der Waals surface area (Å²) in [5.74, 6) is 0.663. The third kappa shape index (κ3) is 6.88. The molecule has 0 aliphatic carbocycles. The van der Waals surface area contributed by atoms with Crippen LogP contribution in [0.4, 0.5) is 5.69 Å². The molecule has 0 spiro atoms. The normalized spacial score (nSPS) is 21.9. The molecule has 0 N–H and O–H groups in total. The van der Waals surface area contributed by atoms with Gasteiger partial charge in [0.05, 0.1) is 28.6 Å². The minimum Gasteiger partial charge on any atom is -0.862 e. The van der Waals surface area contributed by atoms with E-state index >= 15 is 0 Å². The van der Waals surface area contributed by atoms with Gasteiger partial charge in [-0.3, -0.25) is 0 Å². The second kappa shape index (κ2) is 12.9. The summed E-state index contributed by atoms with van der Waals surface area (Å²) in [4.78, 5) is 9.58. The van der Waals surface area contributed by atoms with Crippen molar-refractivity contribution in [3.63, 3.8) is 0 Å². The zero-order valence-electron chi connectivity index (χ0n) is 22.7. The number of likely N-dealkylation sites (tertiary alicyclic amines) is 1. The summed E-state index contributed by atoms with van der Waals surface area (Å²) >= 11 is 14.5. The number of thiophene rings is 1. The molecule has 2 aromatic carbocycles. The zero-order chi connectivity index (χ0) is 27.5. The van der Waals surface area contributed by atoms with Gasteiger partial charge in [0, 0.05) is 48.8 Å². The van der Waals surface area contributed by atoms with Crippen molar-refractivity contribution in [2.24, 2.45) is 10.9 Å². The number of anilines is 1. The zero-order valence-corrected chi connectivity index (χ0v) is 25.0. The fraction of sp³-hybridized carbons (Fsp3) is 0.516. The summed E-state index contributed by atoms with van der Waals surface area (Å²) in [5, 5.41) is 15.2. The van der Waals surface area contributed by atoms with Gasteiger partial charge in [-0.25, -0.2) is 0 Å². The van der Waals surface area contributed by atoms with Crippen LogP contribution in [0.15, 0.2) is 47.5 Å². The van der Waals surface area contributed by atoms with Crippen molar-refractivity contribution in [1.82, 2.24) is 4.90 Å². The highest BCUT2D eigenvalue weighted by atomic mass is 35.5. The first-order chi connectivity index (χ1) is 19.5. The van der Waals surface area contributed by atoms with Crippen molar-refractivity contribution in [1.29, 1.82) is 0 Å². The molecule has 9 heteroatoms. The summed E-state index contributed by atoms with van der Waals surface area (Å²) in [6.45, 7) is 5.97.